The summed E-state index contributed by atoms with van der Waals surface area (Å²) in [6.45, 7) is 1.87. The molecule has 4 heteroatoms. The highest BCUT2D eigenvalue weighted by Gasteiger charge is 2.05. The third kappa shape index (κ3) is 2.58. The van der Waals surface area contributed by atoms with Crippen molar-refractivity contribution in [2.75, 3.05) is 0 Å². The highest BCUT2D eigenvalue weighted by Crippen LogP contribution is 2.19. The molecular weight excluding hydrogens is 221 g/mol. The topological polar surface area (TPSA) is 50.2 Å². The molecule has 88 valence electrons. The Bertz CT molecular complexity index is 581. The summed E-state index contributed by atoms with van der Waals surface area (Å²) in [6, 6.07) is 6.22. The Hall–Kier alpha value is -1.97. The third-order valence-electron chi connectivity index (χ3n) is 2.63. The predicted molar refractivity (Wildman–Crippen MR) is 62.4 cm³/mol. The average Bonchev–Trinajstić information content (AvgIpc) is 2.27. The van der Waals surface area contributed by atoms with Crippen LogP contribution in [0, 0.1) is 12.7 Å². The Balaban J connectivity index is 2.41. The molecule has 0 aliphatic heterocycles. The molecule has 0 radical (unpaired) electrons. The normalized spacial score (nSPS) is 10.7. The molecule has 0 aliphatic carbocycles. The number of carboxylic acid groups (broad SMARTS) is 1. The van der Waals surface area contributed by atoms with E-state index in [4.69, 9.17) is 5.11 Å². The highest BCUT2D eigenvalue weighted by molar-refractivity contribution is 5.82. The fraction of sp³-hybridized carbons (Fsp3) is 0.231. The van der Waals surface area contributed by atoms with Crippen molar-refractivity contribution in [2.24, 2.45) is 0 Å². The predicted octanol–water partition coefficient (Wildman–Crippen LogP) is 2.70. The van der Waals surface area contributed by atoms with Gasteiger partial charge < -0.3 is 5.11 Å². The summed E-state index contributed by atoms with van der Waals surface area (Å²) >= 11 is 0. The lowest BCUT2D eigenvalue weighted by molar-refractivity contribution is -0.136. The van der Waals surface area contributed by atoms with E-state index in [1.165, 1.54) is 12.1 Å². The van der Waals surface area contributed by atoms with E-state index in [2.05, 4.69) is 4.98 Å². The summed E-state index contributed by atoms with van der Waals surface area (Å²) in [4.78, 5) is 14.8. The van der Waals surface area contributed by atoms with Crippen molar-refractivity contribution in [3.63, 3.8) is 0 Å². The second kappa shape index (κ2) is 4.49. The van der Waals surface area contributed by atoms with Gasteiger partial charge in [0.1, 0.15) is 5.82 Å². The van der Waals surface area contributed by atoms with Crippen LogP contribution in [0.25, 0.3) is 10.9 Å². The number of hydrogen-bond acceptors (Lipinski definition) is 2. The Labute approximate surface area is 97.9 Å². The maximum atomic E-state index is 13.1. The van der Waals surface area contributed by atoms with Gasteiger partial charge in [-0.2, -0.15) is 0 Å². The third-order valence-corrected chi connectivity index (χ3v) is 2.63. The molecule has 17 heavy (non-hydrogen) atoms. The van der Waals surface area contributed by atoms with Gasteiger partial charge in [0.15, 0.2) is 0 Å². The monoisotopic (exact) mass is 233 g/mol. The van der Waals surface area contributed by atoms with Gasteiger partial charge in [0.25, 0.3) is 0 Å². The number of carbonyl (C=O) groups is 1. The number of rotatable bonds is 3. The number of fused-ring (bicyclic) bond motifs is 1. The molecule has 1 aromatic heterocycles. The van der Waals surface area contributed by atoms with Crippen molar-refractivity contribution in [2.45, 2.75) is 19.8 Å². The quantitative estimate of drug-likeness (QED) is 0.886. The molecule has 0 saturated heterocycles. The molecule has 1 N–H and O–H groups in total. The molecular formula is C13H12FNO2. The first-order valence-electron chi connectivity index (χ1n) is 5.34. The lowest BCUT2D eigenvalue weighted by atomic mass is 10.1. The van der Waals surface area contributed by atoms with Crippen molar-refractivity contribution in [1.29, 1.82) is 0 Å². The van der Waals surface area contributed by atoms with Crippen LogP contribution in [0.5, 0.6) is 0 Å². The highest BCUT2D eigenvalue weighted by atomic mass is 19.1. The second-order valence-corrected chi connectivity index (χ2v) is 3.99. The fourth-order valence-electron chi connectivity index (χ4n) is 1.80. The average molecular weight is 233 g/mol. The molecule has 0 amide bonds. The van der Waals surface area contributed by atoms with Crippen molar-refractivity contribution >= 4 is 16.9 Å². The van der Waals surface area contributed by atoms with E-state index in [9.17, 15) is 9.18 Å². The Morgan fingerprint density at radius 1 is 1.41 bits per heavy atom. The molecule has 0 fully saturated rings. The zero-order valence-electron chi connectivity index (χ0n) is 9.40. The molecule has 1 aromatic carbocycles. The number of nitrogens with zero attached hydrogens (tertiary/aromatic N) is 1. The largest absolute Gasteiger partial charge is 0.481 e. The number of pyridine rings is 1. The first-order chi connectivity index (χ1) is 8.06. The van der Waals surface area contributed by atoms with E-state index in [0.29, 0.717) is 11.9 Å². The zero-order valence-corrected chi connectivity index (χ0v) is 9.40. The van der Waals surface area contributed by atoms with Crippen LogP contribution < -0.4 is 0 Å². The van der Waals surface area contributed by atoms with Crippen LogP contribution >= 0.6 is 0 Å². The minimum Gasteiger partial charge on any atom is -0.481 e. The van der Waals surface area contributed by atoms with Crippen LogP contribution in [0.2, 0.25) is 0 Å². The molecule has 0 bridgehead atoms. The summed E-state index contributed by atoms with van der Waals surface area (Å²) in [5.41, 5.74) is 2.34. The van der Waals surface area contributed by atoms with Crippen LogP contribution in [0.4, 0.5) is 4.39 Å². The molecule has 0 saturated carbocycles. The maximum Gasteiger partial charge on any atom is 0.303 e. The van der Waals surface area contributed by atoms with Crippen molar-refractivity contribution in [3.8, 4) is 0 Å². The smallest absolute Gasteiger partial charge is 0.303 e. The summed E-state index contributed by atoms with van der Waals surface area (Å²) in [5.74, 6) is -1.13. The van der Waals surface area contributed by atoms with Gasteiger partial charge in [0, 0.05) is 17.5 Å². The van der Waals surface area contributed by atoms with Gasteiger partial charge in [-0.15, -0.1) is 0 Å². The van der Waals surface area contributed by atoms with Crippen LogP contribution in [0.3, 0.4) is 0 Å². The van der Waals surface area contributed by atoms with Crippen LogP contribution in [-0.4, -0.2) is 16.1 Å². The lowest BCUT2D eigenvalue weighted by Gasteiger charge is -2.05. The molecule has 0 atom stereocenters. The molecule has 0 spiro atoms. The zero-order chi connectivity index (χ0) is 12.4. The summed E-state index contributed by atoms with van der Waals surface area (Å²) in [7, 11) is 0. The van der Waals surface area contributed by atoms with Crippen LogP contribution in [-0.2, 0) is 11.2 Å². The van der Waals surface area contributed by atoms with E-state index in [0.717, 1.165) is 16.6 Å². The summed E-state index contributed by atoms with van der Waals surface area (Å²) in [5, 5.41) is 9.38. The Morgan fingerprint density at radius 2 is 2.18 bits per heavy atom. The second-order valence-electron chi connectivity index (χ2n) is 3.99. The number of halogens is 1. The number of hydrogen-bond donors (Lipinski definition) is 1. The molecule has 1 heterocycles. The molecule has 0 unspecified atom stereocenters. The van der Waals surface area contributed by atoms with Gasteiger partial charge >= 0.3 is 5.97 Å². The fourth-order valence-corrected chi connectivity index (χ4v) is 1.80. The minimum atomic E-state index is -0.844. The number of benzene rings is 1. The van der Waals surface area contributed by atoms with Crippen molar-refractivity contribution < 1.29 is 14.3 Å². The van der Waals surface area contributed by atoms with E-state index in [1.54, 1.807) is 6.07 Å². The Morgan fingerprint density at radius 3 is 2.88 bits per heavy atom. The summed E-state index contributed by atoms with van der Waals surface area (Å²) in [6.07, 6.45) is 0.447. The lowest BCUT2D eigenvalue weighted by Crippen LogP contribution is -2.00. The first kappa shape index (κ1) is 11.5. The van der Waals surface area contributed by atoms with Gasteiger partial charge in [-0.1, -0.05) is 0 Å². The number of aliphatic carboxylic acids is 1. The number of aromatic nitrogens is 1. The van der Waals surface area contributed by atoms with Crippen molar-refractivity contribution in [3.05, 3.63) is 41.3 Å². The molecule has 2 rings (SSSR count). The molecule has 2 aromatic rings. The van der Waals surface area contributed by atoms with Gasteiger partial charge in [0.05, 0.1) is 11.9 Å². The van der Waals surface area contributed by atoms with Gasteiger partial charge in [-0.3, -0.25) is 9.78 Å². The van der Waals surface area contributed by atoms with Crippen molar-refractivity contribution in [1.82, 2.24) is 4.98 Å². The Kier molecular flexibility index (Phi) is 3.04. The standard InChI is InChI=1S/C13H12FNO2/c1-8-6-10(3-5-13(16)17)15-12-4-2-9(14)7-11(8)12/h2,4,6-7H,3,5H2,1H3,(H,16,17). The van der Waals surface area contributed by atoms with E-state index in [-0.39, 0.29) is 12.2 Å². The van der Waals surface area contributed by atoms with Gasteiger partial charge in [0.2, 0.25) is 0 Å². The molecule has 3 nitrogen and oxygen atoms in total. The van der Waals surface area contributed by atoms with E-state index in [1.807, 2.05) is 13.0 Å². The first-order valence-corrected chi connectivity index (χ1v) is 5.34. The minimum absolute atomic E-state index is 0.0547. The van der Waals surface area contributed by atoms with E-state index < -0.39 is 5.97 Å². The van der Waals surface area contributed by atoms with Gasteiger partial charge in [-0.25, -0.2) is 4.39 Å². The van der Waals surface area contributed by atoms with E-state index >= 15 is 0 Å². The van der Waals surface area contributed by atoms with Crippen LogP contribution in [0.1, 0.15) is 17.7 Å². The van der Waals surface area contributed by atoms with Crippen LogP contribution in [0.15, 0.2) is 24.3 Å². The maximum absolute atomic E-state index is 13.1. The van der Waals surface area contributed by atoms with Gasteiger partial charge in [-0.05, 0) is 36.8 Å². The summed E-state index contributed by atoms with van der Waals surface area (Å²) < 4.78 is 13.1. The number of aryl methyl sites for hydroxylation is 2. The SMILES string of the molecule is Cc1cc(CCC(=O)O)nc2ccc(F)cc12. The molecule has 0 aliphatic rings. The number of carboxylic acids is 1.